The van der Waals surface area contributed by atoms with Crippen LogP contribution >= 0.6 is 0 Å². The molecular formula is C13H21N3O4S. The lowest BCUT2D eigenvalue weighted by molar-refractivity contribution is -0.120. The van der Waals surface area contributed by atoms with Crippen molar-refractivity contribution < 1.29 is 17.9 Å². The number of carbonyl (C=O) groups is 1. The fourth-order valence-corrected chi connectivity index (χ4v) is 2.68. The zero-order chi connectivity index (χ0) is 15.9. The maximum Gasteiger partial charge on any atom is 0.240 e. The first-order valence-corrected chi connectivity index (χ1v) is 8.09. The first-order valence-electron chi connectivity index (χ1n) is 6.60. The van der Waals surface area contributed by atoms with Crippen molar-refractivity contribution in [1.82, 2.24) is 10.0 Å². The zero-order valence-corrected chi connectivity index (χ0v) is 13.0. The average molecular weight is 315 g/mol. The Morgan fingerprint density at radius 3 is 2.62 bits per heavy atom. The Kier molecular flexibility index (Phi) is 6.44. The summed E-state index contributed by atoms with van der Waals surface area (Å²) < 4.78 is 31.4. The van der Waals surface area contributed by atoms with Crippen LogP contribution in [0.5, 0.6) is 5.75 Å². The van der Waals surface area contributed by atoms with Crippen molar-refractivity contribution in [2.75, 3.05) is 25.9 Å². The van der Waals surface area contributed by atoms with E-state index >= 15 is 0 Å². The molecule has 0 atom stereocenters. The topological polar surface area (TPSA) is 111 Å². The van der Waals surface area contributed by atoms with E-state index < -0.39 is 10.0 Å². The van der Waals surface area contributed by atoms with Crippen molar-refractivity contribution >= 4 is 21.6 Å². The molecule has 0 aliphatic rings. The maximum absolute atomic E-state index is 12.0. The molecule has 0 saturated heterocycles. The Labute approximate surface area is 124 Å². The van der Waals surface area contributed by atoms with Gasteiger partial charge in [0.2, 0.25) is 15.9 Å². The lowest BCUT2D eigenvalue weighted by atomic mass is 10.3. The van der Waals surface area contributed by atoms with Crippen LogP contribution in [0.2, 0.25) is 0 Å². The zero-order valence-electron chi connectivity index (χ0n) is 12.2. The SMILES string of the molecule is CCCNC(=O)CCNS(=O)(=O)c1ccc(OC)c(N)c1. The second kappa shape index (κ2) is 7.84. The third kappa shape index (κ3) is 5.24. The molecule has 7 nitrogen and oxygen atoms in total. The van der Waals surface area contributed by atoms with Gasteiger partial charge in [-0.25, -0.2) is 13.1 Å². The number of hydrogen-bond acceptors (Lipinski definition) is 5. The summed E-state index contributed by atoms with van der Waals surface area (Å²) in [5, 5.41) is 2.67. The molecule has 0 fully saturated rings. The molecule has 1 aromatic rings. The summed E-state index contributed by atoms with van der Waals surface area (Å²) in [5.41, 5.74) is 5.92. The number of ether oxygens (including phenoxy) is 1. The van der Waals surface area contributed by atoms with E-state index in [0.29, 0.717) is 12.3 Å². The van der Waals surface area contributed by atoms with Crippen LogP contribution in [0.4, 0.5) is 5.69 Å². The fraction of sp³-hybridized carbons (Fsp3) is 0.462. The largest absolute Gasteiger partial charge is 0.495 e. The molecule has 0 aromatic heterocycles. The summed E-state index contributed by atoms with van der Waals surface area (Å²) in [7, 11) is -2.24. The van der Waals surface area contributed by atoms with Crippen molar-refractivity contribution in [3.8, 4) is 5.75 Å². The van der Waals surface area contributed by atoms with Gasteiger partial charge < -0.3 is 15.8 Å². The van der Waals surface area contributed by atoms with Crippen LogP contribution in [0, 0.1) is 0 Å². The number of benzene rings is 1. The first-order chi connectivity index (χ1) is 9.90. The minimum Gasteiger partial charge on any atom is -0.495 e. The molecule has 0 spiro atoms. The standard InChI is InChI=1S/C13H21N3O4S/c1-3-7-15-13(17)6-8-16-21(18,19)10-4-5-12(20-2)11(14)9-10/h4-5,9,16H,3,6-8,14H2,1-2H3,(H,15,17). The number of sulfonamides is 1. The first kappa shape index (κ1) is 17.3. The molecule has 0 aliphatic carbocycles. The van der Waals surface area contributed by atoms with E-state index in [9.17, 15) is 13.2 Å². The number of methoxy groups -OCH3 is 1. The van der Waals surface area contributed by atoms with E-state index in [1.165, 1.54) is 25.3 Å². The Morgan fingerprint density at radius 1 is 1.33 bits per heavy atom. The van der Waals surface area contributed by atoms with Gasteiger partial charge in [0.1, 0.15) is 5.75 Å². The number of nitrogens with one attached hydrogen (secondary N) is 2. The minimum atomic E-state index is -3.69. The molecule has 4 N–H and O–H groups in total. The predicted molar refractivity (Wildman–Crippen MR) is 80.5 cm³/mol. The molecule has 118 valence electrons. The Hall–Kier alpha value is -1.80. The molecule has 0 bridgehead atoms. The van der Waals surface area contributed by atoms with Crippen LogP contribution in [0.25, 0.3) is 0 Å². The van der Waals surface area contributed by atoms with E-state index in [1.54, 1.807) is 0 Å². The van der Waals surface area contributed by atoms with E-state index in [-0.39, 0.29) is 29.5 Å². The summed E-state index contributed by atoms with van der Waals surface area (Å²) in [4.78, 5) is 11.4. The summed E-state index contributed by atoms with van der Waals surface area (Å²) in [6.07, 6.45) is 0.924. The molecule has 0 aliphatic heterocycles. The fourth-order valence-electron chi connectivity index (χ4n) is 1.61. The quantitative estimate of drug-likeness (QED) is 0.604. The van der Waals surface area contributed by atoms with Gasteiger partial charge in [-0.1, -0.05) is 6.92 Å². The maximum atomic E-state index is 12.0. The van der Waals surface area contributed by atoms with E-state index in [0.717, 1.165) is 6.42 Å². The molecular weight excluding hydrogens is 294 g/mol. The van der Waals surface area contributed by atoms with Crippen molar-refractivity contribution in [3.05, 3.63) is 18.2 Å². The molecule has 0 heterocycles. The van der Waals surface area contributed by atoms with Crippen LogP contribution in [0.15, 0.2) is 23.1 Å². The second-order valence-corrected chi connectivity index (χ2v) is 6.17. The predicted octanol–water partition coefficient (Wildman–Crippen LogP) is 0.472. The van der Waals surface area contributed by atoms with Crippen LogP contribution < -0.4 is 20.5 Å². The van der Waals surface area contributed by atoms with Crippen LogP contribution in [-0.2, 0) is 14.8 Å². The third-order valence-electron chi connectivity index (χ3n) is 2.73. The summed E-state index contributed by atoms with van der Waals surface area (Å²) >= 11 is 0. The molecule has 8 heteroatoms. The molecule has 21 heavy (non-hydrogen) atoms. The van der Waals surface area contributed by atoms with Crippen molar-refractivity contribution in [2.45, 2.75) is 24.7 Å². The van der Waals surface area contributed by atoms with Gasteiger partial charge in [-0.2, -0.15) is 0 Å². The highest BCUT2D eigenvalue weighted by Gasteiger charge is 2.15. The number of hydrogen-bond donors (Lipinski definition) is 3. The molecule has 1 rings (SSSR count). The number of anilines is 1. The Balaban J connectivity index is 2.61. The molecule has 1 aromatic carbocycles. The van der Waals surface area contributed by atoms with Gasteiger partial charge in [0.05, 0.1) is 17.7 Å². The van der Waals surface area contributed by atoms with Crippen molar-refractivity contribution in [3.63, 3.8) is 0 Å². The number of nitrogens with two attached hydrogens (primary N) is 1. The smallest absolute Gasteiger partial charge is 0.240 e. The van der Waals surface area contributed by atoms with Crippen LogP contribution in [-0.4, -0.2) is 34.5 Å². The van der Waals surface area contributed by atoms with Crippen LogP contribution in [0.3, 0.4) is 0 Å². The molecule has 0 saturated carbocycles. The van der Waals surface area contributed by atoms with E-state index in [1.807, 2.05) is 6.92 Å². The number of rotatable bonds is 8. The summed E-state index contributed by atoms with van der Waals surface area (Å²) in [5.74, 6) is 0.224. The Bertz CT molecular complexity index is 587. The summed E-state index contributed by atoms with van der Waals surface area (Å²) in [6.45, 7) is 2.56. The van der Waals surface area contributed by atoms with Gasteiger partial charge in [0.15, 0.2) is 0 Å². The van der Waals surface area contributed by atoms with Gasteiger partial charge in [-0.3, -0.25) is 4.79 Å². The number of carbonyl (C=O) groups excluding carboxylic acids is 1. The van der Waals surface area contributed by atoms with Crippen molar-refractivity contribution in [2.24, 2.45) is 0 Å². The monoisotopic (exact) mass is 315 g/mol. The molecule has 0 radical (unpaired) electrons. The minimum absolute atomic E-state index is 0.0316. The summed E-state index contributed by atoms with van der Waals surface area (Å²) in [6, 6.07) is 4.20. The van der Waals surface area contributed by atoms with Gasteiger partial charge >= 0.3 is 0 Å². The number of amides is 1. The Morgan fingerprint density at radius 2 is 2.05 bits per heavy atom. The van der Waals surface area contributed by atoms with Gasteiger partial charge in [0.25, 0.3) is 0 Å². The van der Waals surface area contributed by atoms with E-state index in [2.05, 4.69) is 10.0 Å². The van der Waals surface area contributed by atoms with Crippen molar-refractivity contribution in [1.29, 1.82) is 0 Å². The normalized spacial score (nSPS) is 11.1. The lowest BCUT2D eigenvalue weighted by Gasteiger charge is -2.09. The third-order valence-corrected chi connectivity index (χ3v) is 4.19. The highest BCUT2D eigenvalue weighted by Crippen LogP contribution is 2.24. The van der Waals surface area contributed by atoms with Gasteiger partial charge in [-0.05, 0) is 24.6 Å². The average Bonchev–Trinajstić information content (AvgIpc) is 2.44. The lowest BCUT2D eigenvalue weighted by Crippen LogP contribution is -2.31. The second-order valence-electron chi connectivity index (χ2n) is 4.40. The van der Waals surface area contributed by atoms with Crippen LogP contribution in [0.1, 0.15) is 19.8 Å². The van der Waals surface area contributed by atoms with E-state index in [4.69, 9.17) is 10.5 Å². The number of nitrogen functional groups attached to an aromatic ring is 1. The molecule has 0 unspecified atom stereocenters. The van der Waals surface area contributed by atoms with Gasteiger partial charge in [-0.15, -0.1) is 0 Å². The molecule has 1 amide bonds. The highest BCUT2D eigenvalue weighted by atomic mass is 32.2. The highest BCUT2D eigenvalue weighted by molar-refractivity contribution is 7.89. The van der Waals surface area contributed by atoms with Gasteiger partial charge in [0, 0.05) is 19.5 Å².